The Balaban J connectivity index is 2.09. The van der Waals surface area contributed by atoms with Gasteiger partial charge in [-0.05, 0) is 48.7 Å². The zero-order chi connectivity index (χ0) is 14.5. The van der Waals surface area contributed by atoms with Gasteiger partial charge in [-0.3, -0.25) is 0 Å². The maximum atomic E-state index is 13.0. The van der Waals surface area contributed by atoms with E-state index >= 15 is 0 Å². The van der Waals surface area contributed by atoms with Crippen LogP contribution in [0.3, 0.4) is 0 Å². The molecule has 0 aliphatic heterocycles. The first-order valence-corrected chi connectivity index (χ1v) is 7.66. The summed E-state index contributed by atoms with van der Waals surface area (Å²) in [5.74, 6) is -0.194. The summed E-state index contributed by atoms with van der Waals surface area (Å²) in [6, 6.07) is 15.5. The van der Waals surface area contributed by atoms with Crippen LogP contribution in [0.15, 0.2) is 53.0 Å². The van der Waals surface area contributed by atoms with Gasteiger partial charge < -0.3 is 5.32 Å². The lowest BCUT2D eigenvalue weighted by atomic mass is 10.0. The van der Waals surface area contributed by atoms with Gasteiger partial charge in [0, 0.05) is 16.6 Å². The second kappa shape index (κ2) is 7.00. The van der Waals surface area contributed by atoms with Crippen LogP contribution in [0.25, 0.3) is 0 Å². The molecule has 0 aromatic heterocycles. The van der Waals surface area contributed by atoms with Gasteiger partial charge in [-0.2, -0.15) is 0 Å². The lowest BCUT2D eigenvalue weighted by Crippen LogP contribution is -2.24. The zero-order valence-corrected chi connectivity index (χ0v) is 13.3. The van der Waals surface area contributed by atoms with E-state index in [2.05, 4.69) is 59.4 Å². The minimum atomic E-state index is -0.194. The second-order valence-electron chi connectivity index (χ2n) is 4.95. The summed E-state index contributed by atoms with van der Waals surface area (Å²) in [5, 5.41) is 3.60. The highest BCUT2D eigenvalue weighted by Crippen LogP contribution is 2.23. The van der Waals surface area contributed by atoms with Crippen molar-refractivity contribution in [3.8, 4) is 0 Å². The van der Waals surface area contributed by atoms with E-state index in [0.29, 0.717) is 6.04 Å². The van der Waals surface area contributed by atoms with Crippen molar-refractivity contribution in [1.29, 1.82) is 0 Å². The Morgan fingerprint density at radius 3 is 2.10 bits per heavy atom. The molecule has 106 valence electrons. The third kappa shape index (κ3) is 3.90. The third-order valence-electron chi connectivity index (χ3n) is 3.50. The standard InChI is InChI=1S/C17H19BrFN/c1-3-17(14-4-8-15(18)9-5-14)20-12(2)13-6-10-16(19)11-7-13/h4-12,17,20H,3H2,1-2H3/t12-,17?/m1/s1. The van der Waals surface area contributed by atoms with Crippen molar-refractivity contribution in [2.24, 2.45) is 0 Å². The molecule has 0 saturated heterocycles. The first-order valence-electron chi connectivity index (χ1n) is 6.87. The molecule has 3 heteroatoms. The SMILES string of the molecule is CCC(N[C@H](C)c1ccc(F)cc1)c1ccc(Br)cc1. The van der Waals surface area contributed by atoms with Crippen molar-refractivity contribution in [2.75, 3.05) is 0 Å². The molecule has 0 heterocycles. The van der Waals surface area contributed by atoms with E-state index in [4.69, 9.17) is 0 Å². The average Bonchev–Trinajstić information content (AvgIpc) is 2.46. The van der Waals surface area contributed by atoms with Gasteiger partial charge in [0.25, 0.3) is 0 Å². The maximum Gasteiger partial charge on any atom is 0.123 e. The smallest absolute Gasteiger partial charge is 0.123 e. The van der Waals surface area contributed by atoms with Gasteiger partial charge in [0.2, 0.25) is 0 Å². The molecule has 0 radical (unpaired) electrons. The van der Waals surface area contributed by atoms with E-state index in [1.54, 1.807) is 0 Å². The number of hydrogen-bond donors (Lipinski definition) is 1. The van der Waals surface area contributed by atoms with Crippen molar-refractivity contribution in [3.63, 3.8) is 0 Å². The Labute approximate surface area is 128 Å². The van der Waals surface area contributed by atoms with E-state index in [0.717, 1.165) is 16.5 Å². The Morgan fingerprint density at radius 1 is 1.00 bits per heavy atom. The molecule has 20 heavy (non-hydrogen) atoms. The van der Waals surface area contributed by atoms with E-state index in [1.165, 1.54) is 17.7 Å². The van der Waals surface area contributed by atoms with Crippen LogP contribution >= 0.6 is 15.9 Å². The molecule has 0 aliphatic carbocycles. The van der Waals surface area contributed by atoms with Crippen LogP contribution in [0.4, 0.5) is 4.39 Å². The summed E-state index contributed by atoms with van der Waals surface area (Å²) in [6.07, 6.45) is 1.01. The largest absolute Gasteiger partial charge is 0.303 e. The van der Waals surface area contributed by atoms with Crippen molar-refractivity contribution in [3.05, 3.63) is 69.9 Å². The van der Waals surface area contributed by atoms with Crippen molar-refractivity contribution >= 4 is 15.9 Å². The van der Waals surface area contributed by atoms with Crippen LogP contribution in [-0.2, 0) is 0 Å². The minimum Gasteiger partial charge on any atom is -0.303 e. The van der Waals surface area contributed by atoms with E-state index in [-0.39, 0.29) is 11.9 Å². The molecule has 1 N–H and O–H groups in total. The quantitative estimate of drug-likeness (QED) is 0.772. The lowest BCUT2D eigenvalue weighted by molar-refractivity contribution is 0.456. The predicted molar refractivity (Wildman–Crippen MR) is 85.1 cm³/mol. The molecular formula is C17H19BrFN. The molecule has 2 aromatic rings. The summed E-state index contributed by atoms with van der Waals surface area (Å²) in [6.45, 7) is 4.27. The summed E-state index contributed by atoms with van der Waals surface area (Å²) in [4.78, 5) is 0. The summed E-state index contributed by atoms with van der Waals surface area (Å²) >= 11 is 3.45. The first-order chi connectivity index (χ1) is 9.60. The van der Waals surface area contributed by atoms with E-state index < -0.39 is 0 Å². The number of benzene rings is 2. The Bertz CT molecular complexity index is 536. The second-order valence-corrected chi connectivity index (χ2v) is 5.87. The van der Waals surface area contributed by atoms with Crippen LogP contribution in [0.2, 0.25) is 0 Å². The molecule has 2 aromatic carbocycles. The maximum absolute atomic E-state index is 13.0. The third-order valence-corrected chi connectivity index (χ3v) is 4.03. The molecular weight excluding hydrogens is 317 g/mol. The number of rotatable bonds is 5. The topological polar surface area (TPSA) is 12.0 Å². The molecule has 0 spiro atoms. The summed E-state index contributed by atoms with van der Waals surface area (Å²) < 4.78 is 14.0. The molecule has 0 bridgehead atoms. The minimum absolute atomic E-state index is 0.184. The molecule has 0 fully saturated rings. The Morgan fingerprint density at radius 2 is 1.55 bits per heavy atom. The summed E-state index contributed by atoms with van der Waals surface area (Å²) in [5.41, 5.74) is 2.37. The molecule has 2 rings (SSSR count). The molecule has 1 unspecified atom stereocenters. The zero-order valence-electron chi connectivity index (χ0n) is 11.7. The number of nitrogens with one attached hydrogen (secondary N) is 1. The van der Waals surface area contributed by atoms with Crippen molar-refractivity contribution in [2.45, 2.75) is 32.4 Å². The highest BCUT2D eigenvalue weighted by Gasteiger charge is 2.13. The molecule has 0 aliphatic rings. The normalized spacial score (nSPS) is 14.0. The molecule has 2 atom stereocenters. The highest BCUT2D eigenvalue weighted by atomic mass is 79.9. The highest BCUT2D eigenvalue weighted by molar-refractivity contribution is 9.10. The average molecular weight is 336 g/mol. The first kappa shape index (κ1) is 15.2. The number of hydrogen-bond acceptors (Lipinski definition) is 1. The monoisotopic (exact) mass is 335 g/mol. The molecule has 0 amide bonds. The van der Waals surface area contributed by atoms with Gasteiger partial charge >= 0.3 is 0 Å². The summed E-state index contributed by atoms with van der Waals surface area (Å²) in [7, 11) is 0. The van der Waals surface area contributed by atoms with Gasteiger partial charge in [-0.15, -0.1) is 0 Å². The fraction of sp³-hybridized carbons (Fsp3) is 0.294. The fourth-order valence-corrected chi connectivity index (χ4v) is 2.56. The van der Waals surface area contributed by atoms with Gasteiger partial charge in [0.15, 0.2) is 0 Å². The molecule has 1 nitrogen and oxygen atoms in total. The van der Waals surface area contributed by atoms with Crippen LogP contribution in [0.1, 0.15) is 43.5 Å². The number of halogens is 2. The van der Waals surface area contributed by atoms with Crippen molar-refractivity contribution in [1.82, 2.24) is 5.32 Å². The van der Waals surface area contributed by atoms with Crippen LogP contribution < -0.4 is 5.32 Å². The van der Waals surface area contributed by atoms with Crippen molar-refractivity contribution < 1.29 is 4.39 Å². The van der Waals surface area contributed by atoms with Gasteiger partial charge in [-0.25, -0.2) is 4.39 Å². The van der Waals surface area contributed by atoms with Crippen LogP contribution in [-0.4, -0.2) is 0 Å². The van der Waals surface area contributed by atoms with Gasteiger partial charge in [0.1, 0.15) is 5.82 Å². The predicted octanol–water partition coefficient (Wildman–Crippen LogP) is 5.39. The van der Waals surface area contributed by atoms with Gasteiger partial charge in [-0.1, -0.05) is 47.1 Å². The van der Waals surface area contributed by atoms with Crippen LogP contribution in [0.5, 0.6) is 0 Å². The van der Waals surface area contributed by atoms with E-state index in [9.17, 15) is 4.39 Å². The lowest BCUT2D eigenvalue weighted by Gasteiger charge is -2.23. The molecule has 0 saturated carbocycles. The van der Waals surface area contributed by atoms with Crippen LogP contribution in [0, 0.1) is 5.82 Å². The fourth-order valence-electron chi connectivity index (χ4n) is 2.29. The van der Waals surface area contributed by atoms with E-state index in [1.807, 2.05) is 12.1 Å². The Hall–Kier alpha value is -1.19. The van der Waals surface area contributed by atoms with Gasteiger partial charge in [0.05, 0.1) is 0 Å². The Kier molecular flexibility index (Phi) is 5.32.